The number of aromatic amines is 1. The Morgan fingerprint density at radius 3 is 2.64 bits per heavy atom. The highest BCUT2D eigenvalue weighted by atomic mass is 35.5. The minimum atomic E-state index is -4.57. The molecule has 0 aliphatic heterocycles. The first-order valence-corrected chi connectivity index (χ1v) is 6.63. The number of alkyl halides is 3. The fourth-order valence-electron chi connectivity index (χ4n) is 1.94. The minimum Gasteiger partial charge on any atom is -0.387 e. The molecule has 1 atom stereocenters. The van der Waals surface area contributed by atoms with Crippen molar-refractivity contribution in [2.45, 2.75) is 12.3 Å². The topological polar surface area (TPSA) is 65.1 Å². The summed E-state index contributed by atoms with van der Waals surface area (Å²) in [6.07, 6.45) is -4.66. The van der Waals surface area contributed by atoms with Crippen molar-refractivity contribution in [3.8, 4) is 0 Å². The van der Waals surface area contributed by atoms with E-state index >= 15 is 0 Å². The smallest absolute Gasteiger partial charge is 0.387 e. The highest BCUT2D eigenvalue weighted by molar-refractivity contribution is 6.30. The van der Waals surface area contributed by atoms with E-state index in [1.807, 2.05) is 0 Å². The zero-order chi connectivity index (χ0) is 16.3. The fraction of sp³-hybridized carbons (Fsp3) is 0.214. The molecule has 1 heterocycles. The third-order valence-electron chi connectivity index (χ3n) is 2.97. The highest BCUT2D eigenvalue weighted by Gasteiger charge is 2.34. The lowest BCUT2D eigenvalue weighted by Gasteiger charge is -2.17. The quantitative estimate of drug-likeness (QED) is 0.805. The van der Waals surface area contributed by atoms with E-state index in [4.69, 9.17) is 11.6 Å². The van der Waals surface area contributed by atoms with E-state index in [-0.39, 0.29) is 17.8 Å². The second kappa shape index (κ2) is 6.41. The molecule has 0 fully saturated rings. The van der Waals surface area contributed by atoms with Gasteiger partial charge in [-0.2, -0.15) is 13.2 Å². The fourth-order valence-corrected chi connectivity index (χ4v) is 2.10. The van der Waals surface area contributed by atoms with Gasteiger partial charge in [-0.15, -0.1) is 0 Å². The van der Waals surface area contributed by atoms with Crippen molar-refractivity contribution in [1.82, 2.24) is 10.3 Å². The van der Waals surface area contributed by atoms with Crippen LogP contribution in [0, 0.1) is 0 Å². The SMILES string of the molecule is O=C(NCC(O)c1ccccc1C(F)(F)F)c1cc(Cl)c[nH]1. The van der Waals surface area contributed by atoms with Gasteiger partial charge in [0.15, 0.2) is 0 Å². The number of aliphatic hydroxyl groups is 1. The van der Waals surface area contributed by atoms with Crippen LogP contribution < -0.4 is 5.32 Å². The number of rotatable bonds is 4. The Bertz CT molecular complexity index is 670. The van der Waals surface area contributed by atoms with Crippen LogP contribution >= 0.6 is 11.6 Å². The van der Waals surface area contributed by atoms with E-state index in [0.717, 1.165) is 6.07 Å². The Morgan fingerprint density at radius 2 is 2.05 bits per heavy atom. The number of benzene rings is 1. The van der Waals surface area contributed by atoms with Crippen molar-refractivity contribution in [2.75, 3.05) is 6.54 Å². The molecule has 22 heavy (non-hydrogen) atoms. The molecular weight excluding hydrogens is 321 g/mol. The summed E-state index contributed by atoms with van der Waals surface area (Å²) in [5, 5.41) is 12.6. The molecule has 0 spiro atoms. The summed E-state index contributed by atoms with van der Waals surface area (Å²) >= 11 is 5.65. The van der Waals surface area contributed by atoms with Gasteiger partial charge in [0.1, 0.15) is 5.69 Å². The minimum absolute atomic E-state index is 0.154. The monoisotopic (exact) mass is 332 g/mol. The second-order valence-electron chi connectivity index (χ2n) is 4.54. The summed E-state index contributed by atoms with van der Waals surface area (Å²) < 4.78 is 38.6. The molecule has 8 heteroatoms. The third-order valence-corrected chi connectivity index (χ3v) is 3.19. The predicted molar refractivity (Wildman–Crippen MR) is 74.5 cm³/mol. The molecular formula is C14H12ClF3N2O2. The summed E-state index contributed by atoms with van der Waals surface area (Å²) in [6.45, 7) is -0.359. The standard InChI is InChI=1S/C14H12ClF3N2O2/c15-8-5-11(19-6-8)13(22)20-7-12(21)9-3-1-2-4-10(9)14(16,17)18/h1-6,12,19,21H,7H2,(H,20,22). The van der Waals surface area contributed by atoms with Crippen LogP contribution in [-0.4, -0.2) is 22.5 Å². The molecule has 1 aromatic heterocycles. The average Bonchev–Trinajstić information content (AvgIpc) is 2.90. The van der Waals surface area contributed by atoms with E-state index < -0.39 is 23.8 Å². The van der Waals surface area contributed by atoms with Gasteiger partial charge in [-0.1, -0.05) is 29.8 Å². The van der Waals surface area contributed by atoms with Gasteiger partial charge in [0.25, 0.3) is 5.91 Å². The maximum atomic E-state index is 12.9. The molecule has 0 aliphatic rings. The summed E-state index contributed by atoms with van der Waals surface area (Å²) in [6, 6.07) is 6.04. The third kappa shape index (κ3) is 3.80. The summed E-state index contributed by atoms with van der Waals surface area (Å²) in [5.41, 5.74) is -1.07. The van der Waals surface area contributed by atoms with Crippen LogP contribution in [0.3, 0.4) is 0 Å². The van der Waals surface area contributed by atoms with Crippen LogP contribution in [0.15, 0.2) is 36.5 Å². The van der Waals surface area contributed by atoms with Crippen molar-refractivity contribution in [1.29, 1.82) is 0 Å². The molecule has 0 aliphatic carbocycles. The van der Waals surface area contributed by atoms with Crippen LogP contribution in [0.25, 0.3) is 0 Å². The van der Waals surface area contributed by atoms with Gasteiger partial charge in [-0.3, -0.25) is 4.79 Å². The summed E-state index contributed by atoms with van der Waals surface area (Å²) in [5.74, 6) is -0.574. The molecule has 0 saturated carbocycles. The van der Waals surface area contributed by atoms with Gasteiger partial charge in [0, 0.05) is 12.7 Å². The molecule has 1 amide bonds. The van der Waals surface area contributed by atoms with E-state index in [0.29, 0.717) is 5.02 Å². The molecule has 0 bridgehead atoms. The Morgan fingerprint density at radius 1 is 1.36 bits per heavy atom. The van der Waals surface area contributed by atoms with Crippen molar-refractivity contribution in [3.63, 3.8) is 0 Å². The number of carbonyl (C=O) groups excluding carboxylic acids is 1. The molecule has 118 valence electrons. The Labute approximate surface area is 128 Å². The first-order valence-electron chi connectivity index (χ1n) is 6.25. The number of hydrogen-bond acceptors (Lipinski definition) is 2. The molecule has 3 N–H and O–H groups in total. The zero-order valence-electron chi connectivity index (χ0n) is 11.1. The molecule has 2 rings (SSSR count). The molecule has 4 nitrogen and oxygen atoms in total. The highest BCUT2D eigenvalue weighted by Crippen LogP contribution is 2.34. The summed E-state index contributed by atoms with van der Waals surface area (Å²) in [4.78, 5) is 14.3. The first kappa shape index (κ1) is 16.4. The van der Waals surface area contributed by atoms with Crippen molar-refractivity contribution in [3.05, 3.63) is 58.4 Å². The van der Waals surface area contributed by atoms with Gasteiger partial charge in [-0.05, 0) is 17.7 Å². The lowest BCUT2D eigenvalue weighted by atomic mass is 10.0. The van der Waals surface area contributed by atoms with E-state index in [2.05, 4.69) is 10.3 Å². The van der Waals surface area contributed by atoms with Crippen LogP contribution in [0.1, 0.15) is 27.7 Å². The van der Waals surface area contributed by atoms with E-state index in [1.165, 1.54) is 30.5 Å². The predicted octanol–water partition coefficient (Wildman–Crippen LogP) is 3.15. The number of carbonyl (C=O) groups is 1. The molecule has 1 unspecified atom stereocenters. The number of hydrogen-bond donors (Lipinski definition) is 3. The number of aromatic nitrogens is 1. The van der Waals surface area contributed by atoms with Crippen LogP contribution in [-0.2, 0) is 6.18 Å². The molecule has 0 radical (unpaired) electrons. The maximum absolute atomic E-state index is 12.9. The normalized spacial score (nSPS) is 13.0. The largest absolute Gasteiger partial charge is 0.416 e. The van der Waals surface area contributed by atoms with E-state index in [1.54, 1.807) is 0 Å². The van der Waals surface area contributed by atoms with Gasteiger partial charge < -0.3 is 15.4 Å². The zero-order valence-corrected chi connectivity index (χ0v) is 11.9. The Hall–Kier alpha value is -1.99. The van der Waals surface area contributed by atoms with Gasteiger partial charge >= 0.3 is 6.18 Å². The number of H-pyrrole nitrogens is 1. The lowest BCUT2D eigenvalue weighted by molar-refractivity contribution is -0.139. The van der Waals surface area contributed by atoms with Crippen molar-refractivity contribution >= 4 is 17.5 Å². The Balaban J connectivity index is 2.07. The number of nitrogens with one attached hydrogen (secondary N) is 2. The van der Waals surface area contributed by atoms with E-state index in [9.17, 15) is 23.1 Å². The lowest BCUT2D eigenvalue weighted by Crippen LogP contribution is -2.29. The average molecular weight is 333 g/mol. The molecule has 0 saturated heterocycles. The second-order valence-corrected chi connectivity index (χ2v) is 4.98. The van der Waals surface area contributed by atoms with Crippen LogP contribution in [0.2, 0.25) is 5.02 Å². The maximum Gasteiger partial charge on any atom is 0.416 e. The molecule has 1 aromatic carbocycles. The van der Waals surface area contributed by atoms with Gasteiger partial charge in [0.05, 0.1) is 16.7 Å². The molecule has 2 aromatic rings. The van der Waals surface area contributed by atoms with Crippen LogP contribution in [0.5, 0.6) is 0 Å². The number of halogens is 4. The van der Waals surface area contributed by atoms with Gasteiger partial charge in [0.2, 0.25) is 0 Å². The van der Waals surface area contributed by atoms with Crippen LogP contribution in [0.4, 0.5) is 13.2 Å². The van der Waals surface area contributed by atoms with Gasteiger partial charge in [-0.25, -0.2) is 0 Å². The number of aliphatic hydroxyl groups excluding tert-OH is 1. The summed E-state index contributed by atoms with van der Waals surface area (Å²) in [7, 11) is 0. The van der Waals surface area contributed by atoms with Crippen molar-refractivity contribution < 1.29 is 23.1 Å². The Kier molecular flexibility index (Phi) is 4.77. The number of amides is 1. The van der Waals surface area contributed by atoms with Crippen molar-refractivity contribution in [2.24, 2.45) is 0 Å². The first-order chi connectivity index (χ1) is 10.3.